The molecule has 0 atom stereocenters. The van der Waals surface area contributed by atoms with Gasteiger partial charge in [0.1, 0.15) is 5.75 Å². The Morgan fingerprint density at radius 1 is 0.933 bits per heavy atom. The van der Waals surface area contributed by atoms with Crippen LogP contribution in [0.5, 0.6) is 5.75 Å². The molecule has 160 valence electrons. The van der Waals surface area contributed by atoms with Gasteiger partial charge in [0.05, 0.1) is 23.3 Å². The number of ether oxygens (including phenoxy) is 1. The SMILES string of the molecule is COc1ccc(S(=O)(=O)N2CCc3ccccc32)cc1C(=O)N1CCCCCCC1. The molecule has 0 radical (unpaired) electrons. The number of anilines is 1. The van der Waals surface area contributed by atoms with Crippen LogP contribution in [0.15, 0.2) is 47.4 Å². The molecule has 1 fully saturated rings. The van der Waals surface area contributed by atoms with Gasteiger partial charge in [0.25, 0.3) is 15.9 Å². The minimum Gasteiger partial charge on any atom is -0.496 e. The number of likely N-dealkylation sites (tertiary alicyclic amines) is 1. The number of carbonyl (C=O) groups excluding carboxylic acids is 1. The molecule has 4 rings (SSSR count). The fourth-order valence-electron chi connectivity index (χ4n) is 4.32. The van der Waals surface area contributed by atoms with Crippen LogP contribution >= 0.6 is 0 Å². The predicted molar refractivity (Wildman–Crippen MR) is 117 cm³/mol. The molecule has 0 unspecified atom stereocenters. The highest BCUT2D eigenvalue weighted by Gasteiger charge is 2.32. The summed E-state index contributed by atoms with van der Waals surface area (Å²) in [6.45, 7) is 1.79. The van der Waals surface area contributed by atoms with E-state index in [0.29, 0.717) is 43.1 Å². The molecule has 30 heavy (non-hydrogen) atoms. The number of hydrogen-bond acceptors (Lipinski definition) is 4. The third-order valence-electron chi connectivity index (χ3n) is 5.98. The minimum absolute atomic E-state index is 0.121. The first-order valence-electron chi connectivity index (χ1n) is 10.6. The second-order valence-corrected chi connectivity index (χ2v) is 9.74. The summed E-state index contributed by atoms with van der Waals surface area (Å²) in [4.78, 5) is 15.2. The van der Waals surface area contributed by atoms with Crippen LogP contribution < -0.4 is 9.04 Å². The van der Waals surface area contributed by atoms with Gasteiger partial charge in [0.2, 0.25) is 0 Å². The summed E-state index contributed by atoms with van der Waals surface area (Å²) in [6, 6.07) is 12.1. The number of carbonyl (C=O) groups is 1. The summed E-state index contributed by atoms with van der Waals surface area (Å²) in [6.07, 6.45) is 6.06. The second-order valence-electron chi connectivity index (χ2n) is 7.88. The van der Waals surface area contributed by atoms with Crippen molar-refractivity contribution in [1.29, 1.82) is 0 Å². The van der Waals surface area contributed by atoms with E-state index in [1.165, 1.54) is 30.0 Å². The Bertz CT molecular complexity index is 1030. The van der Waals surface area contributed by atoms with Gasteiger partial charge in [0.15, 0.2) is 0 Å². The van der Waals surface area contributed by atoms with E-state index in [1.807, 2.05) is 29.2 Å². The van der Waals surface area contributed by atoms with E-state index in [4.69, 9.17) is 4.74 Å². The Hall–Kier alpha value is -2.54. The van der Waals surface area contributed by atoms with Crippen LogP contribution in [0.3, 0.4) is 0 Å². The van der Waals surface area contributed by atoms with Gasteiger partial charge in [-0.05, 0) is 49.1 Å². The maximum absolute atomic E-state index is 13.4. The largest absolute Gasteiger partial charge is 0.496 e. The highest BCUT2D eigenvalue weighted by atomic mass is 32.2. The quantitative estimate of drug-likeness (QED) is 0.742. The molecule has 2 aliphatic rings. The van der Waals surface area contributed by atoms with E-state index in [1.54, 1.807) is 6.07 Å². The van der Waals surface area contributed by atoms with Gasteiger partial charge in [-0.1, -0.05) is 37.5 Å². The first-order valence-corrected chi connectivity index (χ1v) is 12.0. The van der Waals surface area contributed by atoms with Crippen molar-refractivity contribution in [3.63, 3.8) is 0 Å². The lowest BCUT2D eigenvalue weighted by Gasteiger charge is -2.26. The van der Waals surface area contributed by atoms with E-state index in [-0.39, 0.29) is 10.8 Å². The standard InChI is InChI=1S/C23H28N2O4S/c1-29-22-12-11-19(17-20(22)23(26)24-14-7-3-2-4-8-15-24)30(27,28)25-16-13-18-9-5-6-10-21(18)25/h5-6,9-12,17H,2-4,7-8,13-16H2,1H3. The number of hydrogen-bond donors (Lipinski definition) is 0. The van der Waals surface area contributed by atoms with Crippen LogP contribution in [0.2, 0.25) is 0 Å². The van der Waals surface area contributed by atoms with Gasteiger partial charge < -0.3 is 9.64 Å². The number of methoxy groups -OCH3 is 1. The summed E-state index contributed by atoms with van der Waals surface area (Å²) >= 11 is 0. The fourth-order valence-corrected chi connectivity index (χ4v) is 5.85. The molecule has 0 N–H and O–H groups in total. The monoisotopic (exact) mass is 428 g/mol. The Morgan fingerprint density at radius 3 is 2.37 bits per heavy atom. The van der Waals surface area contributed by atoms with Crippen LogP contribution in [0.1, 0.15) is 48.0 Å². The zero-order valence-corrected chi connectivity index (χ0v) is 18.2. The molecule has 0 saturated carbocycles. The lowest BCUT2D eigenvalue weighted by molar-refractivity contribution is 0.0738. The molecule has 1 amide bonds. The summed E-state index contributed by atoms with van der Waals surface area (Å²) < 4.78 is 33.7. The van der Waals surface area contributed by atoms with E-state index < -0.39 is 10.0 Å². The zero-order chi connectivity index (χ0) is 21.1. The summed E-state index contributed by atoms with van der Waals surface area (Å²) in [7, 11) is -2.27. The lowest BCUT2D eigenvalue weighted by Crippen LogP contribution is -2.34. The minimum atomic E-state index is -3.77. The van der Waals surface area contributed by atoms with Crippen LogP contribution in [0.25, 0.3) is 0 Å². The molecule has 2 aliphatic heterocycles. The maximum Gasteiger partial charge on any atom is 0.264 e. The summed E-state index contributed by atoms with van der Waals surface area (Å²) in [5, 5.41) is 0. The van der Waals surface area contributed by atoms with Crippen molar-refractivity contribution in [2.45, 2.75) is 43.4 Å². The molecule has 0 aliphatic carbocycles. The lowest BCUT2D eigenvalue weighted by atomic mass is 10.1. The van der Waals surface area contributed by atoms with Gasteiger partial charge in [-0.15, -0.1) is 0 Å². The molecular weight excluding hydrogens is 400 g/mol. The van der Waals surface area contributed by atoms with Gasteiger partial charge >= 0.3 is 0 Å². The van der Waals surface area contributed by atoms with Crippen molar-refractivity contribution < 1.29 is 17.9 Å². The van der Waals surface area contributed by atoms with Crippen LogP contribution in [-0.4, -0.2) is 46.0 Å². The Morgan fingerprint density at radius 2 is 1.63 bits per heavy atom. The first-order chi connectivity index (χ1) is 14.5. The molecule has 6 nitrogen and oxygen atoms in total. The average molecular weight is 429 g/mol. The number of rotatable bonds is 4. The number of sulfonamides is 1. The third kappa shape index (κ3) is 3.90. The van der Waals surface area contributed by atoms with E-state index in [0.717, 1.165) is 31.2 Å². The molecule has 0 aromatic heterocycles. The zero-order valence-electron chi connectivity index (χ0n) is 17.3. The molecule has 2 aromatic rings. The topological polar surface area (TPSA) is 66.9 Å². The maximum atomic E-state index is 13.4. The Balaban J connectivity index is 1.68. The van der Waals surface area contributed by atoms with Crippen molar-refractivity contribution in [1.82, 2.24) is 4.90 Å². The Labute approximate surface area is 178 Å². The van der Waals surface area contributed by atoms with E-state index in [2.05, 4.69) is 0 Å². The highest BCUT2D eigenvalue weighted by Crippen LogP contribution is 2.34. The normalized spacial score (nSPS) is 17.2. The first kappa shape index (κ1) is 20.7. The third-order valence-corrected chi connectivity index (χ3v) is 7.79. The number of benzene rings is 2. The molecular formula is C23H28N2O4S. The molecule has 7 heteroatoms. The molecule has 0 spiro atoms. The van der Waals surface area contributed by atoms with Crippen LogP contribution in [0, 0.1) is 0 Å². The number of nitrogens with zero attached hydrogens (tertiary/aromatic N) is 2. The molecule has 2 aromatic carbocycles. The van der Waals surface area contributed by atoms with E-state index in [9.17, 15) is 13.2 Å². The fraction of sp³-hybridized carbons (Fsp3) is 0.435. The van der Waals surface area contributed by atoms with Gasteiger partial charge in [-0.3, -0.25) is 9.10 Å². The van der Waals surface area contributed by atoms with Gasteiger partial charge in [-0.25, -0.2) is 8.42 Å². The molecule has 2 heterocycles. The average Bonchev–Trinajstić information content (AvgIpc) is 3.17. The van der Waals surface area contributed by atoms with Gasteiger partial charge in [0, 0.05) is 19.6 Å². The second kappa shape index (κ2) is 8.68. The molecule has 1 saturated heterocycles. The van der Waals surface area contributed by atoms with Crippen molar-refractivity contribution >= 4 is 21.6 Å². The predicted octanol–water partition coefficient (Wildman–Crippen LogP) is 3.85. The van der Waals surface area contributed by atoms with Gasteiger partial charge in [-0.2, -0.15) is 0 Å². The van der Waals surface area contributed by atoms with Crippen molar-refractivity contribution in [3.05, 3.63) is 53.6 Å². The van der Waals surface area contributed by atoms with Crippen LogP contribution in [-0.2, 0) is 16.4 Å². The van der Waals surface area contributed by atoms with Crippen molar-refractivity contribution in [2.75, 3.05) is 31.0 Å². The number of amides is 1. The summed E-state index contributed by atoms with van der Waals surface area (Å²) in [5.41, 5.74) is 2.04. The number of fused-ring (bicyclic) bond motifs is 1. The summed E-state index contributed by atoms with van der Waals surface area (Å²) in [5.74, 6) is 0.246. The Kier molecular flexibility index (Phi) is 5.99. The number of para-hydroxylation sites is 1. The highest BCUT2D eigenvalue weighted by molar-refractivity contribution is 7.92. The van der Waals surface area contributed by atoms with Crippen molar-refractivity contribution in [2.24, 2.45) is 0 Å². The smallest absolute Gasteiger partial charge is 0.264 e. The van der Waals surface area contributed by atoms with Crippen LogP contribution in [0.4, 0.5) is 5.69 Å². The van der Waals surface area contributed by atoms with E-state index >= 15 is 0 Å². The van der Waals surface area contributed by atoms with Crippen molar-refractivity contribution in [3.8, 4) is 5.75 Å². The molecule has 0 bridgehead atoms.